The van der Waals surface area contributed by atoms with Gasteiger partial charge < -0.3 is 10.6 Å². The number of rotatable bonds is 6. The summed E-state index contributed by atoms with van der Waals surface area (Å²) in [6.07, 6.45) is 5.45. The quantitative estimate of drug-likeness (QED) is 0.696. The fraction of sp³-hybridized carbons (Fsp3) is 0.350. The zero-order chi connectivity index (χ0) is 19.0. The minimum atomic E-state index is -0.509. The molecular weight excluding hydrogens is 343 g/mol. The molecule has 0 atom stereocenters. The molecule has 0 bridgehead atoms. The number of nitrogens with zero attached hydrogens (tertiary/aromatic N) is 4. The van der Waals surface area contributed by atoms with Gasteiger partial charge in [-0.15, -0.1) is 0 Å². The SMILES string of the molecule is Cc1cc(C)cc(Nc2ncc(F)c(-n3cc(CNC4CC4)c(C)n3)n2)c1. The van der Waals surface area contributed by atoms with Gasteiger partial charge in [-0.3, -0.25) is 0 Å². The van der Waals surface area contributed by atoms with Crippen molar-refractivity contribution in [3.63, 3.8) is 0 Å². The minimum Gasteiger partial charge on any atom is -0.324 e. The zero-order valence-electron chi connectivity index (χ0n) is 15.8. The van der Waals surface area contributed by atoms with Crippen LogP contribution >= 0.6 is 0 Å². The van der Waals surface area contributed by atoms with Crippen molar-refractivity contribution in [2.24, 2.45) is 0 Å². The molecule has 6 nitrogen and oxygen atoms in total. The van der Waals surface area contributed by atoms with E-state index in [1.54, 1.807) is 0 Å². The predicted molar refractivity (Wildman–Crippen MR) is 103 cm³/mol. The highest BCUT2D eigenvalue weighted by Gasteiger charge is 2.21. The van der Waals surface area contributed by atoms with Crippen LogP contribution in [0.3, 0.4) is 0 Å². The maximum Gasteiger partial charge on any atom is 0.229 e. The lowest BCUT2D eigenvalue weighted by molar-refractivity contribution is 0.593. The van der Waals surface area contributed by atoms with E-state index in [1.165, 1.54) is 23.7 Å². The number of benzene rings is 1. The van der Waals surface area contributed by atoms with Gasteiger partial charge in [0.05, 0.1) is 11.9 Å². The molecule has 4 rings (SSSR count). The molecular formula is C20H23FN6. The third-order valence-corrected chi connectivity index (χ3v) is 4.58. The van der Waals surface area contributed by atoms with Gasteiger partial charge in [-0.05, 0) is 56.9 Å². The van der Waals surface area contributed by atoms with Gasteiger partial charge in [-0.2, -0.15) is 10.1 Å². The van der Waals surface area contributed by atoms with Crippen molar-refractivity contribution in [1.82, 2.24) is 25.1 Å². The highest BCUT2D eigenvalue weighted by atomic mass is 19.1. The molecule has 7 heteroatoms. The van der Waals surface area contributed by atoms with Gasteiger partial charge in [0.2, 0.25) is 5.95 Å². The van der Waals surface area contributed by atoms with Crippen LogP contribution in [0, 0.1) is 26.6 Å². The number of anilines is 2. The molecule has 0 spiro atoms. The number of nitrogens with one attached hydrogen (secondary N) is 2. The van der Waals surface area contributed by atoms with E-state index in [9.17, 15) is 4.39 Å². The number of halogens is 1. The molecule has 0 aliphatic heterocycles. The molecule has 1 fully saturated rings. The highest BCUT2D eigenvalue weighted by Crippen LogP contribution is 2.21. The standard InChI is InChI=1S/C20H23FN6/c1-12-6-13(2)8-17(7-12)24-20-23-10-18(21)19(25-20)27-11-15(14(3)26-27)9-22-16-4-5-16/h6-8,10-11,16,22H,4-5,9H2,1-3H3,(H,23,24,25). The number of hydrogen-bond donors (Lipinski definition) is 2. The smallest absolute Gasteiger partial charge is 0.229 e. The van der Waals surface area contributed by atoms with Crippen LogP contribution in [0.2, 0.25) is 0 Å². The molecule has 2 N–H and O–H groups in total. The molecule has 1 aliphatic carbocycles. The van der Waals surface area contributed by atoms with E-state index in [2.05, 4.69) is 31.8 Å². The molecule has 27 heavy (non-hydrogen) atoms. The van der Waals surface area contributed by atoms with Gasteiger partial charge in [0.25, 0.3) is 0 Å². The van der Waals surface area contributed by atoms with Crippen LogP contribution in [0.25, 0.3) is 5.82 Å². The Morgan fingerprint density at radius 3 is 2.59 bits per heavy atom. The normalized spacial score (nSPS) is 13.8. The first-order valence-electron chi connectivity index (χ1n) is 9.15. The van der Waals surface area contributed by atoms with Crippen molar-refractivity contribution in [3.05, 3.63) is 58.8 Å². The van der Waals surface area contributed by atoms with Crippen LogP contribution in [0.15, 0.2) is 30.6 Å². The Kier molecular flexibility index (Phi) is 4.61. The van der Waals surface area contributed by atoms with Gasteiger partial charge >= 0.3 is 0 Å². The first-order valence-corrected chi connectivity index (χ1v) is 9.15. The molecule has 1 aromatic carbocycles. The second-order valence-electron chi connectivity index (χ2n) is 7.21. The molecule has 3 aromatic rings. The summed E-state index contributed by atoms with van der Waals surface area (Å²) in [4.78, 5) is 8.41. The molecule has 1 aliphatic rings. The van der Waals surface area contributed by atoms with E-state index in [1.807, 2.05) is 39.1 Å². The lowest BCUT2D eigenvalue weighted by atomic mass is 10.1. The van der Waals surface area contributed by atoms with Gasteiger partial charge in [0.1, 0.15) is 0 Å². The molecule has 2 heterocycles. The molecule has 0 unspecified atom stereocenters. The fourth-order valence-corrected chi connectivity index (χ4v) is 3.07. The Morgan fingerprint density at radius 2 is 1.89 bits per heavy atom. The van der Waals surface area contributed by atoms with E-state index in [4.69, 9.17) is 0 Å². The summed E-state index contributed by atoms with van der Waals surface area (Å²) in [5.41, 5.74) is 5.05. The molecule has 1 saturated carbocycles. The molecule has 0 saturated heterocycles. The summed E-state index contributed by atoms with van der Waals surface area (Å²) >= 11 is 0. The van der Waals surface area contributed by atoms with E-state index in [0.717, 1.165) is 34.6 Å². The third-order valence-electron chi connectivity index (χ3n) is 4.58. The van der Waals surface area contributed by atoms with Crippen molar-refractivity contribution in [3.8, 4) is 5.82 Å². The van der Waals surface area contributed by atoms with Crippen molar-refractivity contribution in [2.45, 2.75) is 46.2 Å². The van der Waals surface area contributed by atoms with Gasteiger partial charge in [0.15, 0.2) is 11.6 Å². The van der Waals surface area contributed by atoms with Gasteiger partial charge in [0, 0.05) is 30.0 Å². The maximum absolute atomic E-state index is 14.4. The van der Waals surface area contributed by atoms with Crippen molar-refractivity contribution in [1.29, 1.82) is 0 Å². The first kappa shape index (κ1) is 17.6. The third kappa shape index (κ3) is 4.14. The largest absolute Gasteiger partial charge is 0.324 e. The van der Waals surface area contributed by atoms with E-state index in [0.29, 0.717) is 12.0 Å². The monoisotopic (exact) mass is 366 g/mol. The highest BCUT2D eigenvalue weighted by molar-refractivity contribution is 5.56. The molecule has 0 radical (unpaired) electrons. The maximum atomic E-state index is 14.4. The van der Waals surface area contributed by atoms with Crippen LogP contribution < -0.4 is 10.6 Å². The second-order valence-corrected chi connectivity index (χ2v) is 7.21. The van der Waals surface area contributed by atoms with Crippen LogP contribution in [-0.4, -0.2) is 25.8 Å². The first-order chi connectivity index (χ1) is 13.0. The summed E-state index contributed by atoms with van der Waals surface area (Å²) in [6, 6.07) is 6.70. The number of hydrogen-bond acceptors (Lipinski definition) is 5. The zero-order valence-corrected chi connectivity index (χ0v) is 15.8. The summed E-state index contributed by atoms with van der Waals surface area (Å²) in [5, 5.41) is 11.0. The summed E-state index contributed by atoms with van der Waals surface area (Å²) in [7, 11) is 0. The van der Waals surface area contributed by atoms with Crippen molar-refractivity contribution >= 4 is 11.6 Å². The topological polar surface area (TPSA) is 67.7 Å². The Labute approximate surface area is 157 Å². The summed E-state index contributed by atoms with van der Waals surface area (Å²) in [5.74, 6) is -0.0370. The van der Waals surface area contributed by atoms with Crippen LogP contribution in [0.1, 0.15) is 35.2 Å². The summed E-state index contributed by atoms with van der Waals surface area (Å²) < 4.78 is 15.8. The van der Waals surface area contributed by atoms with E-state index < -0.39 is 5.82 Å². The predicted octanol–water partition coefficient (Wildman–Crippen LogP) is 3.72. The number of aromatic nitrogens is 4. The Morgan fingerprint density at radius 1 is 1.15 bits per heavy atom. The van der Waals surface area contributed by atoms with Crippen molar-refractivity contribution < 1.29 is 4.39 Å². The van der Waals surface area contributed by atoms with Crippen LogP contribution in [0.5, 0.6) is 0 Å². The van der Waals surface area contributed by atoms with Gasteiger partial charge in [-0.25, -0.2) is 14.1 Å². The van der Waals surface area contributed by atoms with Crippen LogP contribution in [-0.2, 0) is 6.54 Å². The van der Waals surface area contributed by atoms with Gasteiger partial charge in [-0.1, -0.05) is 6.07 Å². The molecule has 140 valence electrons. The summed E-state index contributed by atoms with van der Waals surface area (Å²) in [6.45, 7) is 6.71. The molecule has 2 aromatic heterocycles. The van der Waals surface area contributed by atoms with Crippen LogP contribution in [0.4, 0.5) is 16.0 Å². The second kappa shape index (κ2) is 7.08. The Hall–Kier alpha value is -2.80. The molecule has 0 amide bonds. The van der Waals surface area contributed by atoms with E-state index in [-0.39, 0.29) is 5.82 Å². The minimum absolute atomic E-state index is 0.137. The lowest BCUT2D eigenvalue weighted by Crippen LogP contribution is -2.15. The average Bonchev–Trinajstić information content (AvgIpc) is 3.36. The number of aryl methyl sites for hydroxylation is 3. The Bertz CT molecular complexity index is 956. The Balaban J connectivity index is 1.59. The fourth-order valence-electron chi connectivity index (χ4n) is 3.07. The van der Waals surface area contributed by atoms with E-state index >= 15 is 0 Å². The lowest BCUT2D eigenvalue weighted by Gasteiger charge is -2.09. The van der Waals surface area contributed by atoms with Crippen molar-refractivity contribution in [2.75, 3.05) is 5.32 Å². The average molecular weight is 366 g/mol.